The number of nitrogens with one attached hydrogen (secondary N) is 2. The molecule has 1 saturated heterocycles. The Morgan fingerprint density at radius 3 is 2.40 bits per heavy atom. The lowest BCUT2D eigenvalue weighted by atomic mass is 9.95. The van der Waals surface area contributed by atoms with E-state index < -0.39 is 26.8 Å². The van der Waals surface area contributed by atoms with Crippen molar-refractivity contribution in [2.75, 3.05) is 24.7 Å². The number of halogens is 3. The van der Waals surface area contributed by atoms with Gasteiger partial charge in [0.05, 0.1) is 0 Å². The largest absolute Gasteiger partial charge is 0.586 e. The van der Waals surface area contributed by atoms with Gasteiger partial charge in [0, 0.05) is 18.0 Å². The van der Waals surface area contributed by atoms with Crippen molar-refractivity contribution in [1.29, 1.82) is 0 Å². The average molecular weight is 399 g/mol. The molecule has 0 bridgehead atoms. The van der Waals surface area contributed by atoms with Crippen LogP contribution < -0.4 is 20.1 Å². The Morgan fingerprint density at radius 1 is 1.20 bits per heavy atom. The topological polar surface area (TPSA) is 93.7 Å². The van der Waals surface area contributed by atoms with Crippen molar-refractivity contribution in [2.24, 2.45) is 0 Å². The summed E-state index contributed by atoms with van der Waals surface area (Å²) in [5, 5.41) is 5.50. The number of alkyl halides is 2. The predicted molar refractivity (Wildman–Crippen MR) is 88.2 cm³/mol. The zero-order valence-corrected chi connectivity index (χ0v) is 14.8. The Bertz CT molecular complexity index is 781. The number of amides is 1. The molecule has 1 fully saturated rings. The van der Waals surface area contributed by atoms with Gasteiger partial charge >= 0.3 is 6.29 Å². The minimum atomic E-state index is -3.76. The summed E-state index contributed by atoms with van der Waals surface area (Å²) >= 11 is 0. The number of fused-ring (bicyclic) bond motifs is 1. The Morgan fingerprint density at radius 2 is 1.80 bits per heavy atom. The predicted octanol–water partition coefficient (Wildman–Crippen LogP) is 1.54. The van der Waals surface area contributed by atoms with E-state index >= 15 is 0 Å². The quantitative estimate of drug-likeness (QED) is 0.802. The SMILES string of the molecule is CS(=O)(=O)C1(C(=O)Nc2ccc3c(c2)OC(F)(F)O3)CCNCC1.Cl. The van der Waals surface area contributed by atoms with Gasteiger partial charge in [0.2, 0.25) is 5.91 Å². The summed E-state index contributed by atoms with van der Waals surface area (Å²) in [5.41, 5.74) is 0.154. The highest BCUT2D eigenvalue weighted by atomic mass is 35.5. The van der Waals surface area contributed by atoms with Gasteiger partial charge in [-0.2, -0.15) is 0 Å². The maximum absolute atomic E-state index is 13.0. The van der Waals surface area contributed by atoms with Gasteiger partial charge in [0.15, 0.2) is 26.1 Å². The molecule has 1 amide bonds. The minimum Gasteiger partial charge on any atom is -0.395 e. The maximum Gasteiger partial charge on any atom is 0.586 e. The van der Waals surface area contributed by atoms with E-state index in [1.165, 1.54) is 18.2 Å². The molecular weight excluding hydrogens is 382 g/mol. The fraction of sp³-hybridized carbons (Fsp3) is 0.500. The normalized spacial score (nSPS) is 20.4. The molecule has 0 spiro atoms. The maximum atomic E-state index is 13.0. The monoisotopic (exact) mass is 398 g/mol. The number of hydrogen-bond acceptors (Lipinski definition) is 6. The molecule has 2 N–H and O–H groups in total. The van der Waals surface area contributed by atoms with Crippen LogP contribution in [0.3, 0.4) is 0 Å². The second kappa shape index (κ2) is 6.58. The average Bonchev–Trinajstić information content (AvgIpc) is 2.80. The first-order valence-electron chi connectivity index (χ1n) is 7.25. The minimum absolute atomic E-state index is 0. The Labute approximate surface area is 149 Å². The zero-order valence-electron chi connectivity index (χ0n) is 13.2. The van der Waals surface area contributed by atoms with E-state index in [4.69, 9.17) is 0 Å². The molecule has 0 atom stereocenters. The molecule has 0 radical (unpaired) electrons. The van der Waals surface area contributed by atoms with Crippen molar-refractivity contribution in [1.82, 2.24) is 5.32 Å². The standard InChI is InChI=1S/C14H16F2N2O5S.ClH/c1-24(20,21)13(4-6-17-7-5-13)12(19)18-9-2-3-10-11(8-9)23-14(15,16)22-10;/h2-3,8,17H,4-7H2,1H3,(H,18,19);1H. The Hall–Kier alpha value is -1.65. The van der Waals surface area contributed by atoms with E-state index in [9.17, 15) is 22.0 Å². The van der Waals surface area contributed by atoms with E-state index in [0.29, 0.717) is 13.1 Å². The van der Waals surface area contributed by atoms with Gasteiger partial charge in [-0.1, -0.05) is 0 Å². The number of hydrogen-bond donors (Lipinski definition) is 2. The number of anilines is 1. The molecule has 2 heterocycles. The summed E-state index contributed by atoms with van der Waals surface area (Å²) in [6.45, 7) is 0.793. The first-order chi connectivity index (χ1) is 11.1. The van der Waals surface area contributed by atoms with Crippen molar-refractivity contribution < 1.29 is 31.5 Å². The summed E-state index contributed by atoms with van der Waals surface area (Å²) in [4.78, 5) is 12.6. The highest BCUT2D eigenvalue weighted by Gasteiger charge is 2.49. The second-order valence-corrected chi connectivity index (χ2v) is 8.13. The molecule has 2 aliphatic rings. The van der Waals surface area contributed by atoms with Crippen LogP contribution in [0.4, 0.5) is 14.5 Å². The van der Waals surface area contributed by atoms with Gasteiger partial charge in [0.1, 0.15) is 0 Å². The number of ether oxygens (including phenoxy) is 2. The summed E-state index contributed by atoms with van der Waals surface area (Å²) in [6, 6.07) is 3.74. The van der Waals surface area contributed by atoms with Gasteiger partial charge in [0.25, 0.3) is 0 Å². The van der Waals surface area contributed by atoms with Crippen LogP contribution in [-0.4, -0.2) is 44.7 Å². The van der Waals surface area contributed by atoms with Crippen LogP contribution in [0, 0.1) is 0 Å². The summed E-state index contributed by atoms with van der Waals surface area (Å²) in [7, 11) is -3.66. The molecule has 7 nitrogen and oxygen atoms in total. The van der Waals surface area contributed by atoms with Crippen LogP contribution in [0.1, 0.15) is 12.8 Å². The number of sulfone groups is 1. The zero-order chi connectivity index (χ0) is 17.6. The summed E-state index contributed by atoms with van der Waals surface area (Å²) in [6.07, 6.45) is -2.45. The van der Waals surface area contributed by atoms with Gasteiger partial charge in [-0.15, -0.1) is 21.2 Å². The van der Waals surface area contributed by atoms with E-state index in [1.807, 2.05) is 0 Å². The molecule has 3 rings (SSSR count). The third-order valence-electron chi connectivity index (χ3n) is 4.19. The molecule has 11 heteroatoms. The van der Waals surface area contributed by atoms with E-state index in [2.05, 4.69) is 20.1 Å². The van der Waals surface area contributed by atoms with Crippen LogP contribution in [0.25, 0.3) is 0 Å². The van der Waals surface area contributed by atoms with E-state index in [1.54, 1.807) is 0 Å². The molecule has 0 unspecified atom stereocenters. The highest BCUT2D eigenvalue weighted by Crippen LogP contribution is 2.42. The van der Waals surface area contributed by atoms with Gasteiger partial charge in [-0.3, -0.25) is 4.79 Å². The highest BCUT2D eigenvalue weighted by molar-refractivity contribution is 7.92. The molecule has 1 aromatic rings. The van der Waals surface area contributed by atoms with Crippen molar-refractivity contribution in [2.45, 2.75) is 23.9 Å². The third kappa shape index (κ3) is 3.65. The van der Waals surface area contributed by atoms with Crippen molar-refractivity contribution in [3.05, 3.63) is 18.2 Å². The first kappa shape index (κ1) is 19.7. The Balaban J connectivity index is 0.00000225. The van der Waals surface area contributed by atoms with Crippen LogP contribution in [0.5, 0.6) is 11.5 Å². The van der Waals surface area contributed by atoms with Crippen LogP contribution in [0.2, 0.25) is 0 Å². The number of benzene rings is 1. The van der Waals surface area contributed by atoms with Crippen LogP contribution in [-0.2, 0) is 14.6 Å². The number of piperidine rings is 1. The molecule has 1 aromatic carbocycles. The summed E-state index contributed by atoms with van der Waals surface area (Å²) < 4.78 is 57.5. The van der Waals surface area contributed by atoms with Gasteiger partial charge in [-0.05, 0) is 38.1 Å². The summed E-state index contributed by atoms with van der Waals surface area (Å²) in [5.74, 6) is -1.06. The molecular formula is C14H17ClF2N2O5S. The van der Waals surface area contributed by atoms with Crippen LogP contribution in [0.15, 0.2) is 18.2 Å². The lowest BCUT2D eigenvalue weighted by Gasteiger charge is -2.34. The molecule has 2 aliphatic heterocycles. The molecule has 0 aromatic heterocycles. The fourth-order valence-electron chi connectivity index (χ4n) is 2.87. The van der Waals surface area contributed by atoms with Crippen molar-refractivity contribution in [3.63, 3.8) is 0 Å². The fourth-order valence-corrected chi connectivity index (χ4v) is 4.20. The lowest BCUT2D eigenvalue weighted by Crippen LogP contribution is -2.55. The van der Waals surface area contributed by atoms with Crippen molar-refractivity contribution >= 4 is 33.8 Å². The molecule has 0 saturated carbocycles. The second-order valence-electron chi connectivity index (χ2n) is 5.80. The number of rotatable bonds is 3. The van der Waals surface area contributed by atoms with Crippen LogP contribution >= 0.6 is 12.4 Å². The third-order valence-corrected chi connectivity index (χ3v) is 6.21. The van der Waals surface area contributed by atoms with Crippen molar-refractivity contribution in [3.8, 4) is 11.5 Å². The van der Waals surface area contributed by atoms with E-state index in [-0.39, 0.29) is 42.4 Å². The number of carbonyl (C=O) groups is 1. The molecule has 25 heavy (non-hydrogen) atoms. The smallest absolute Gasteiger partial charge is 0.395 e. The first-order valence-corrected chi connectivity index (χ1v) is 9.14. The molecule has 140 valence electrons. The number of carbonyl (C=O) groups excluding carboxylic acids is 1. The Kier molecular flexibility index (Phi) is 5.18. The lowest BCUT2D eigenvalue weighted by molar-refractivity contribution is -0.286. The van der Waals surface area contributed by atoms with Gasteiger partial charge in [-0.25, -0.2) is 8.42 Å². The van der Waals surface area contributed by atoms with E-state index in [0.717, 1.165) is 6.26 Å². The van der Waals surface area contributed by atoms with Gasteiger partial charge < -0.3 is 20.1 Å². The molecule has 0 aliphatic carbocycles.